The summed E-state index contributed by atoms with van der Waals surface area (Å²) in [7, 11) is 0. The third kappa shape index (κ3) is 14.4. The number of aromatic nitrogens is 17. The molecule has 0 aliphatic rings. The molecule has 0 spiro atoms. The molecule has 0 amide bonds. The number of aryl methyl sites for hydroxylation is 1. The number of nitrogens with zero attached hydrogens (tertiary/aromatic N) is 17. The SMILES string of the molecule is Cc1cnn(-c2ccc(C(=O)O)cn2)c1.O=C(O)c1ccc(-n2cc(Cl)cn2)nc1.O=C(O)c1ccc(-n2cccn2)nc1.O=C(O)c1ccc(-n2cnnc2)nc1.O=C(O)c1ccc(-n2nccn2)nc1. The molecule has 72 heavy (non-hydrogen) atoms. The van der Waals surface area contributed by atoms with E-state index in [-0.39, 0.29) is 27.8 Å². The van der Waals surface area contributed by atoms with E-state index in [1.54, 1.807) is 75.1 Å². The second-order valence-electron chi connectivity index (χ2n) is 13.8. The Hall–Kier alpha value is -10.7. The van der Waals surface area contributed by atoms with Crippen molar-refractivity contribution >= 4 is 41.4 Å². The first-order chi connectivity index (χ1) is 34.6. The Morgan fingerprint density at radius 2 is 0.819 bits per heavy atom. The highest BCUT2D eigenvalue weighted by atomic mass is 35.5. The van der Waals surface area contributed by atoms with Crippen molar-refractivity contribution < 1.29 is 49.5 Å². The molecule has 0 aromatic carbocycles. The molecule has 5 N–H and O–H groups in total. The first-order valence-electron chi connectivity index (χ1n) is 20.1. The molecule has 10 aromatic heterocycles. The third-order valence-corrected chi connectivity index (χ3v) is 8.95. The number of carboxylic acid groups (broad SMARTS) is 5. The van der Waals surface area contributed by atoms with Crippen LogP contribution in [0, 0.1) is 6.92 Å². The lowest BCUT2D eigenvalue weighted by atomic mass is 10.3. The molecular formula is C44H34ClN17O10. The topological polar surface area (TPSA) is 366 Å². The smallest absolute Gasteiger partial charge is 0.337 e. The fourth-order valence-corrected chi connectivity index (χ4v) is 5.40. The fraction of sp³-hybridized carbons (Fsp3) is 0.0227. The van der Waals surface area contributed by atoms with Crippen LogP contribution in [0.1, 0.15) is 57.4 Å². The minimum Gasteiger partial charge on any atom is -0.478 e. The number of halogens is 1. The summed E-state index contributed by atoms with van der Waals surface area (Å²) >= 11 is 5.69. The van der Waals surface area contributed by atoms with Gasteiger partial charge in [-0.1, -0.05) is 11.6 Å². The molecular weight excluding hydrogens is 962 g/mol. The first kappa shape index (κ1) is 50.7. The van der Waals surface area contributed by atoms with Crippen molar-refractivity contribution in [3.63, 3.8) is 0 Å². The Morgan fingerprint density at radius 1 is 0.431 bits per heavy atom. The summed E-state index contributed by atoms with van der Waals surface area (Å²) in [4.78, 5) is 73.8. The second-order valence-corrected chi connectivity index (χ2v) is 14.2. The van der Waals surface area contributed by atoms with Crippen LogP contribution in [0.4, 0.5) is 0 Å². The number of carboxylic acids is 5. The molecule has 0 bridgehead atoms. The standard InChI is InChI=1S/C10H9N3O2.C9H6ClN3O2.C9H7N3O2.2C8H6N4O2/c1-7-4-12-13(6-7)9-3-2-8(5-11-9)10(14)15;10-7-4-12-13(5-7)8-2-1-6(3-11-8)9(14)15;13-9(14)7-2-3-8(10-6-7)12-5-1-4-11-12;13-8(14)6-1-2-7(9-3-6)12-4-10-11-5-12;13-8(14)6-1-2-7(9-5-6)12-10-3-4-11-12/h2-6H,1H3,(H,14,15);1-5H,(H,14,15);1-6H,(H,13,14);2*1-5H,(H,13,14). The van der Waals surface area contributed by atoms with Crippen LogP contribution in [-0.2, 0) is 0 Å². The van der Waals surface area contributed by atoms with Crippen LogP contribution in [0.3, 0.4) is 0 Å². The molecule has 0 saturated heterocycles. The van der Waals surface area contributed by atoms with Gasteiger partial charge in [0.2, 0.25) is 0 Å². The van der Waals surface area contributed by atoms with Crippen LogP contribution in [0.25, 0.3) is 29.1 Å². The molecule has 10 rings (SSSR count). The van der Waals surface area contributed by atoms with Crippen molar-refractivity contribution in [3.05, 3.63) is 198 Å². The van der Waals surface area contributed by atoms with E-state index in [4.69, 9.17) is 37.1 Å². The van der Waals surface area contributed by atoms with Crippen molar-refractivity contribution in [3.8, 4) is 29.1 Å². The van der Waals surface area contributed by atoms with Gasteiger partial charge >= 0.3 is 29.8 Å². The average molecular weight is 996 g/mol. The van der Waals surface area contributed by atoms with E-state index >= 15 is 0 Å². The lowest BCUT2D eigenvalue weighted by molar-refractivity contribution is 0.0685. The van der Waals surface area contributed by atoms with Crippen molar-refractivity contribution in [2.75, 3.05) is 0 Å². The predicted molar refractivity (Wildman–Crippen MR) is 247 cm³/mol. The van der Waals surface area contributed by atoms with Gasteiger partial charge in [0.05, 0.1) is 63.8 Å². The number of rotatable bonds is 10. The lowest BCUT2D eigenvalue weighted by Crippen LogP contribution is -2.03. The third-order valence-electron chi connectivity index (χ3n) is 8.75. The van der Waals surface area contributed by atoms with Gasteiger partial charge in [0.1, 0.15) is 18.5 Å². The summed E-state index contributed by atoms with van der Waals surface area (Å²) in [6.07, 6.45) is 22.4. The largest absolute Gasteiger partial charge is 0.478 e. The van der Waals surface area contributed by atoms with Crippen molar-refractivity contribution in [1.82, 2.24) is 84.0 Å². The Morgan fingerprint density at radius 3 is 1.15 bits per heavy atom. The molecule has 10 aromatic rings. The van der Waals surface area contributed by atoms with E-state index in [0.29, 0.717) is 34.1 Å². The Bertz CT molecular complexity index is 3030. The van der Waals surface area contributed by atoms with Gasteiger partial charge in [-0.2, -0.15) is 25.5 Å². The Kier molecular flexibility index (Phi) is 17.2. The van der Waals surface area contributed by atoms with Gasteiger partial charge in [-0.25, -0.2) is 62.9 Å². The van der Waals surface area contributed by atoms with Crippen LogP contribution in [0.5, 0.6) is 0 Å². The summed E-state index contributed by atoms with van der Waals surface area (Å²) in [5.74, 6) is -2.17. The minimum absolute atomic E-state index is 0.136. The molecule has 27 nitrogen and oxygen atoms in total. The summed E-state index contributed by atoms with van der Waals surface area (Å²) in [5.41, 5.74) is 1.79. The number of carbonyl (C=O) groups is 5. The Balaban J connectivity index is 0.000000147. The molecule has 10 heterocycles. The van der Waals surface area contributed by atoms with Gasteiger partial charge in [0, 0.05) is 49.6 Å². The van der Waals surface area contributed by atoms with Crippen molar-refractivity contribution in [2.45, 2.75) is 6.92 Å². The molecule has 0 unspecified atom stereocenters. The van der Waals surface area contributed by atoms with Crippen LogP contribution in [-0.4, -0.2) is 139 Å². The molecule has 0 atom stereocenters. The summed E-state index contributed by atoms with van der Waals surface area (Å²) < 4.78 is 6.21. The molecule has 0 aliphatic heterocycles. The molecule has 0 fully saturated rings. The van der Waals surface area contributed by atoms with Crippen molar-refractivity contribution in [2.24, 2.45) is 0 Å². The van der Waals surface area contributed by atoms with Crippen LogP contribution in [0.15, 0.2) is 160 Å². The van der Waals surface area contributed by atoms with Crippen LogP contribution < -0.4 is 0 Å². The van der Waals surface area contributed by atoms with Gasteiger partial charge < -0.3 is 25.5 Å². The molecule has 28 heteroatoms. The zero-order valence-electron chi connectivity index (χ0n) is 36.8. The highest BCUT2D eigenvalue weighted by Gasteiger charge is 2.08. The van der Waals surface area contributed by atoms with E-state index in [1.165, 1.54) is 102 Å². The molecule has 362 valence electrons. The van der Waals surface area contributed by atoms with Crippen molar-refractivity contribution in [1.29, 1.82) is 0 Å². The molecule has 0 saturated carbocycles. The quantitative estimate of drug-likeness (QED) is 0.125. The monoisotopic (exact) mass is 995 g/mol. The van der Waals surface area contributed by atoms with Gasteiger partial charge in [-0.15, -0.1) is 15.0 Å². The van der Waals surface area contributed by atoms with E-state index in [0.717, 1.165) is 5.56 Å². The first-order valence-corrected chi connectivity index (χ1v) is 20.4. The highest BCUT2D eigenvalue weighted by molar-refractivity contribution is 6.30. The number of aromatic carboxylic acids is 5. The number of pyridine rings is 5. The zero-order chi connectivity index (χ0) is 51.6. The van der Waals surface area contributed by atoms with E-state index in [9.17, 15) is 24.0 Å². The molecule has 0 aliphatic carbocycles. The van der Waals surface area contributed by atoms with E-state index < -0.39 is 29.8 Å². The van der Waals surface area contributed by atoms with E-state index in [1.807, 2.05) is 13.1 Å². The second kappa shape index (κ2) is 24.4. The lowest BCUT2D eigenvalue weighted by Gasteiger charge is -1.99. The maximum absolute atomic E-state index is 10.6. The maximum Gasteiger partial charge on any atom is 0.337 e. The summed E-state index contributed by atoms with van der Waals surface area (Å²) in [5, 5.41) is 70.7. The summed E-state index contributed by atoms with van der Waals surface area (Å²) in [6.45, 7) is 1.93. The minimum atomic E-state index is -1.01. The average Bonchev–Trinajstić information content (AvgIpc) is 4.27. The van der Waals surface area contributed by atoms with Crippen LogP contribution in [0.2, 0.25) is 5.02 Å². The normalized spacial score (nSPS) is 10.1. The van der Waals surface area contributed by atoms with Gasteiger partial charge in [0.15, 0.2) is 23.3 Å². The van der Waals surface area contributed by atoms with Crippen LogP contribution >= 0.6 is 11.6 Å². The summed E-state index contributed by atoms with van der Waals surface area (Å²) in [6, 6.07) is 17.1. The number of hydrogen-bond donors (Lipinski definition) is 5. The predicted octanol–water partition coefficient (Wildman–Crippen LogP) is 4.58. The fourth-order valence-electron chi connectivity index (χ4n) is 5.26. The maximum atomic E-state index is 10.6. The zero-order valence-corrected chi connectivity index (χ0v) is 37.5. The number of hydrogen-bond acceptors (Lipinski definition) is 17. The van der Waals surface area contributed by atoms with Gasteiger partial charge in [-0.3, -0.25) is 4.57 Å². The van der Waals surface area contributed by atoms with Gasteiger partial charge in [0.25, 0.3) is 0 Å². The highest BCUT2D eigenvalue weighted by Crippen LogP contribution is 2.11. The molecule has 0 radical (unpaired) electrons. The van der Waals surface area contributed by atoms with E-state index in [2.05, 4.69) is 60.6 Å². The Labute approximate surface area is 408 Å². The van der Waals surface area contributed by atoms with Gasteiger partial charge in [-0.05, 0) is 79.2 Å².